The molecule has 0 bridgehead atoms. The van der Waals surface area contributed by atoms with Crippen molar-refractivity contribution >= 4 is 16.5 Å². The van der Waals surface area contributed by atoms with E-state index in [0.29, 0.717) is 22.3 Å². The van der Waals surface area contributed by atoms with Gasteiger partial charge in [0.1, 0.15) is 11.5 Å². The highest BCUT2D eigenvalue weighted by molar-refractivity contribution is 5.83. The third kappa shape index (κ3) is 4.76. The van der Waals surface area contributed by atoms with Crippen LogP contribution in [-0.4, -0.2) is 30.5 Å². The molecule has 4 heterocycles. The Morgan fingerprint density at radius 3 is 2.59 bits per heavy atom. The normalized spacial score (nSPS) is 15.2. The van der Waals surface area contributed by atoms with Crippen LogP contribution in [0.1, 0.15) is 38.8 Å². The summed E-state index contributed by atoms with van der Waals surface area (Å²) in [6, 6.07) is 6.32. The SMILES string of the molecule is CC1C=C(Nc2cc(-c3ccnc(-n4ncc5cc(C(C)(C)C)cc(F)c5c4=O)c3CO)cn(C)c2=O)N=N1. The molecule has 0 fully saturated rings. The molecule has 0 radical (unpaired) electrons. The van der Waals surface area contributed by atoms with Gasteiger partial charge in [-0.15, -0.1) is 5.11 Å². The van der Waals surface area contributed by atoms with E-state index in [2.05, 4.69) is 25.6 Å². The van der Waals surface area contributed by atoms with Crippen molar-refractivity contribution in [1.82, 2.24) is 19.3 Å². The van der Waals surface area contributed by atoms with Gasteiger partial charge < -0.3 is 15.0 Å². The van der Waals surface area contributed by atoms with Crippen molar-refractivity contribution in [3.8, 4) is 16.9 Å². The van der Waals surface area contributed by atoms with E-state index < -0.39 is 18.0 Å². The fourth-order valence-corrected chi connectivity index (χ4v) is 4.51. The molecular formula is C28H28FN7O3. The van der Waals surface area contributed by atoms with E-state index in [4.69, 9.17) is 0 Å². The zero-order valence-electron chi connectivity index (χ0n) is 22.2. The number of nitrogens with one attached hydrogen (secondary N) is 1. The molecule has 1 aliphatic rings. The van der Waals surface area contributed by atoms with Gasteiger partial charge in [-0.2, -0.15) is 14.9 Å². The Hall–Kier alpha value is -4.51. The van der Waals surface area contributed by atoms with Crippen LogP contribution in [0.15, 0.2) is 74.6 Å². The topological polar surface area (TPSA) is 127 Å². The fraction of sp³-hybridized carbons (Fsp3) is 0.286. The fourth-order valence-electron chi connectivity index (χ4n) is 4.51. The number of anilines is 1. The lowest BCUT2D eigenvalue weighted by Gasteiger charge is -2.20. The van der Waals surface area contributed by atoms with Crippen molar-refractivity contribution in [3.63, 3.8) is 0 Å². The van der Waals surface area contributed by atoms with Crippen LogP contribution in [0.4, 0.5) is 10.1 Å². The Morgan fingerprint density at radius 1 is 1.15 bits per heavy atom. The van der Waals surface area contributed by atoms with Crippen molar-refractivity contribution in [2.75, 3.05) is 5.32 Å². The van der Waals surface area contributed by atoms with Crippen LogP contribution in [0.3, 0.4) is 0 Å². The molecule has 1 aliphatic heterocycles. The molecule has 200 valence electrons. The third-order valence-corrected chi connectivity index (χ3v) is 6.60. The predicted molar refractivity (Wildman–Crippen MR) is 146 cm³/mol. The molecule has 11 heteroatoms. The smallest absolute Gasteiger partial charge is 0.283 e. The number of benzene rings is 1. The van der Waals surface area contributed by atoms with Gasteiger partial charge in [0, 0.05) is 36.0 Å². The first-order valence-electron chi connectivity index (χ1n) is 12.4. The molecule has 39 heavy (non-hydrogen) atoms. The number of pyridine rings is 2. The molecule has 0 aliphatic carbocycles. The molecule has 1 aromatic carbocycles. The maximum absolute atomic E-state index is 15.2. The van der Waals surface area contributed by atoms with Gasteiger partial charge in [0.05, 0.1) is 24.2 Å². The van der Waals surface area contributed by atoms with Crippen LogP contribution in [0, 0.1) is 5.82 Å². The van der Waals surface area contributed by atoms with Crippen LogP contribution in [-0.2, 0) is 19.1 Å². The summed E-state index contributed by atoms with van der Waals surface area (Å²) in [6.07, 6.45) is 6.29. The highest BCUT2D eigenvalue weighted by Crippen LogP contribution is 2.30. The van der Waals surface area contributed by atoms with Gasteiger partial charge in [-0.05, 0) is 53.8 Å². The van der Waals surface area contributed by atoms with Crippen LogP contribution in [0.25, 0.3) is 27.7 Å². The van der Waals surface area contributed by atoms with Gasteiger partial charge in [0.2, 0.25) is 0 Å². The predicted octanol–water partition coefficient (Wildman–Crippen LogP) is 4.18. The number of aryl methyl sites for hydroxylation is 1. The second kappa shape index (κ2) is 9.66. The summed E-state index contributed by atoms with van der Waals surface area (Å²) in [7, 11) is 1.61. The number of nitrogens with zero attached hydrogens (tertiary/aromatic N) is 6. The number of fused-ring (bicyclic) bond motifs is 1. The molecule has 3 aromatic heterocycles. The third-order valence-electron chi connectivity index (χ3n) is 6.60. The van der Waals surface area contributed by atoms with E-state index >= 15 is 4.39 Å². The second-order valence-corrected chi connectivity index (χ2v) is 10.5. The van der Waals surface area contributed by atoms with Crippen molar-refractivity contribution in [1.29, 1.82) is 0 Å². The van der Waals surface area contributed by atoms with E-state index in [9.17, 15) is 14.7 Å². The second-order valence-electron chi connectivity index (χ2n) is 10.5. The number of aliphatic hydroxyl groups is 1. The summed E-state index contributed by atoms with van der Waals surface area (Å²) < 4.78 is 17.6. The number of hydrogen-bond acceptors (Lipinski definition) is 8. The summed E-state index contributed by atoms with van der Waals surface area (Å²) in [4.78, 5) is 30.6. The maximum atomic E-state index is 15.2. The molecule has 0 amide bonds. The first-order chi connectivity index (χ1) is 18.5. The van der Waals surface area contributed by atoms with Crippen molar-refractivity contribution < 1.29 is 9.50 Å². The molecule has 4 aromatic rings. The first-order valence-corrected chi connectivity index (χ1v) is 12.4. The summed E-state index contributed by atoms with van der Waals surface area (Å²) in [5, 5.41) is 26.0. The minimum Gasteiger partial charge on any atom is -0.392 e. The quantitative estimate of drug-likeness (QED) is 0.399. The minimum atomic E-state index is -0.694. The van der Waals surface area contributed by atoms with Gasteiger partial charge in [0.25, 0.3) is 11.1 Å². The average Bonchev–Trinajstić information content (AvgIpc) is 3.30. The zero-order chi connectivity index (χ0) is 28.1. The molecule has 0 saturated heterocycles. The van der Waals surface area contributed by atoms with Gasteiger partial charge >= 0.3 is 0 Å². The first kappa shape index (κ1) is 26.1. The molecule has 0 saturated carbocycles. The lowest BCUT2D eigenvalue weighted by molar-refractivity contribution is 0.281. The lowest BCUT2D eigenvalue weighted by Crippen LogP contribution is -2.25. The molecule has 2 N–H and O–H groups in total. The van der Waals surface area contributed by atoms with E-state index in [1.807, 2.05) is 27.7 Å². The number of hydrogen-bond donors (Lipinski definition) is 2. The monoisotopic (exact) mass is 529 g/mol. The van der Waals surface area contributed by atoms with Crippen LogP contribution in [0.2, 0.25) is 0 Å². The number of halogens is 1. The molecule has 0 spiro atoms. The van der Waals surface area contributed by atoms with Crippen molar-refractivity contribution in [3.05, 3.63) is 92.4 Å². The average molecular weight is 530 g/mol. The van der Waals surface area contributed by atoms with E-state index in [1.54, 1.807) is 37.5 Å². The molecule has 1 atom stereocenters. The Labute approximate surface area is 223 Å². The maximum Gasteiger partial charge on any atom is 0.283 e. The van der Waals surface area contributed by atoms with Crippen molar-refractivity contribution in [2.24, 2.45) is 17.3 Å². The molecular weight excluding hydrogens is 501 g/mol. The molecule has 5 rings (SSSR count). The zero-order valence-corrected chi connectivity index (χ0v) is 22.2. The molecule has 1 unspecified atom stereocenters. The van der Waals surface area contributed by atoms with E-state index in [1.165, 1.54) is 23.0 Å². The van der Waals surface area contributed by atoms with Gasteiger partial charge in [0.15, 0.2) is 11.6 Å². The van der Waals surface area contributed by atoms with Gasteiger partial charge in [-0.3, -0.25) is 9.59 Å². The van der Waals surface area contributed by atoms with E-state index in [-0.39, 0.29) is 39.5 Å². The van der Waals surface area contributed by atoms with Crippen LogP contribution in [0.5, 0.6) is 0 Å². The Kier molecular flexibility index (Phi) is 6.47. The Bertz CT molecular complexity index is 1800. The summed E-state index contributed by atoms with van der Waals surface area (Å²) in [6.45, 7) is 7.26. The highest BCUT2D eigenvalue weighted by Gasteiger charge is 2.21. The van der Waals surface area contributed by atoms with E-state index in [0.717, 1.165) is 10.2 Å². The van der Waals surface area contributed by atoms with Gasteiger partial charge in [-0.1, -0.05) is 20.8 Å². The molecule has 10 nitrogen and oxygen atoms in total. The number of aliphatic hydroxyl groups excluding tert-OH is 1. The summed E-state index contributed by atoms with van der Waals surface area (Å²) >= 11 is 0. The Morgan fingerprint density at radius 2 is 1.92 bits per heavy atom. The van der Waals surface area contributed by atoms with Gasteiger partial charge in [-0.25, -0.2) is 9.37 Å². The summed E-state index contributed by atoms with van der Waals surface area (Å²) in [5.74, 6) is -0.134. The highest BCUT2D eigenvalue weighted by atomic mass is 19.1. The Balaban J connectivity index is 1.65. The number of aromatic nitrogens is 4. The van der Waals surface area contributed by atoms with Crippen LogP contribution < -0.4 is 16.4 Å². The summed E-state index contributed by atoms with van der Waals surface area (Å²) in [5.41, 5.74) is 1.09. The minimum absolute atomic E-state index is 0.0608. The largest absolute Gasteiger partial charge is 0.392 e. The number of azo groups is 1. The van der Waals surface area contributed by atoms with Crippen molar-refractivity contribution in [2.45, 2.75) is 45.8 Å². The standard InChI is InChI=1S/C28H28FN7O3/c1-15-8-23(34-33-15)32-22-10-17(13-35(5)26(22)38)19-6-7-30-25(20(19)14-37)36-27(39)24-16(12-31-36)9-18(11-21(24)29)28(2,3)4/h6-13,15,32,37H,14H2,1-5H3. The van der Waals surface area contributed by atoms with Crippen LogP contribution >= 0.6 is 0 Å². The lowest BCUT2D eigenvalue weighted by atomic mass is 9.86. The number of rotatable bonds is 5.